The van der Waals surface area contributed by atoms with Crippen LogP contribution in [0, 0.1) is 20.8 Å². The molecule has 126 valence electrons. The Labute approximate surface area is 153 Å². The number of aromatic nitrogens is 2. The number of amides is 1. The van der Waals surface area contributed by atoms with Crippen LogP contribution < -0.4 is 5.32 Å². The Bertz CT molecular complexity index is 820. The van der Waals surface area contributed by atoms with Gasteiger partial charge < -0.3 is 5.32 Å². The molecule has 1 N–H and O–H groups in total. The highest BCUT2D eigenvalue weighted by Crippen LogP contribution is 2.24. The molecule has 0 saturated heterocycles. The van der Waals surface area contributed by atoms with Crippen LogP contribution in [0.5, 0.6) is 0 Å². The molecule has 4 nitrogen and oxygen atoms in total. The summed E-state index contributed by atoms with van der Waals surface area (Å²) in [4.78, 5) is 22.5. The minimum absolute atomic E-state index is 0.0230. The Morgan fingerprint density at radius 1 is 1.25 bits per heavy atom. The first kappa shape index (κ1) is 17.3. The van der Waals surface area contributed by atoms with Gasteiger partial charge in [0.15, 0.2) is 0 Å². The van der Waals surface area contributed by atoms with Crippen molar-refractivity contribution < 1.29 is 4.79 Å². The zero-order chi connectivity index (χ0) is 17.1. The summed E-state index contributed by atoms with van der Waals surface area (Å²) in [5, 5.41) is 11.3. The Morgan fingerprint density at radius 3 is 2.67 bits per heavy atom. The molecule has 3 aromatic heterocycles. The molecule has 1 atom stereocenters. The van der Waals surface area contributed by atoms with Gasteiger partial charge in [0.25, 0.3) is 0 Å². The second-order valence-electron chi connectivity index (χ2n) is 5.70. The summed E-state index contributed by atoms with van der Waals surface area (Å²) in [6.07, 6.45) is 1.14. The monoisotopic (exact) mass is 377 g/mol. The van der Waals surface area contributed by atoms with Crippen molar-refractivity contribution in [2.45, 2.75) is 39.7 Å². The summed E-state index contributed by atoms with van der Waals surface area (Å²) in [6, 6.07) is 2.01. The minimum atomic E-state index is -0.0832. The third-order valence-corrected chi connectivity index (χ3v) is 6.49. The molecule has 0 fully saturated rings. The fraction of sp³-hybridized carbons (Fsp3) is 0.353. The maximum atomic E-state index is 12.5. The Kier molecular flexibility index (Phi) is 5.43. The first-order valence-electron chi connectivity index (χ1n) is 7.66. The molecular formula is C17H19N3OS3. The van der Waals surface area contributed by atoms with E-state index in [-0.39, 0.29) is 11.9 Å². The molecule has 0 aliphatic heterocycles. The maximum absolute atomic E-state index is 12.5. The maximum Gasteiger partial charge on any atom is 0.225 e. The van der Waals surface area contributed by atoms with E-state index in [1.807, 2.05) is 26.2 Å². The van der Waals surface area contributed by atoms with E-state index in [9.17, 15) is 4.79 Å². The lowest BCUT2D eigenvalue weighted by molar-refractivity contribution is -0.121. The van der Waals surface area contributed by atoms with E-state index in [1.165, 1.54) is 5.56 Å². The summed E-state index contributed by atoms with van der Waals surface area (Å²) in [5.41, 5.74) is 3.17. The molecule has 3 heterocycles. The van der Waals surface area contributed by atoms with Crippen molar-refractivity contribution in [3.05, 3.63) is 54.1 Å². The predicted molar refractivity (Wildman–Crippen MR) is 101 cm³/mol. The molecule has 3 rings (SSSR count). The number of thiazole rings is 2. The molecule has 0 aliphatic carbocycles. The van der Waals surface area contributed by atoms with Crippen molar-refractivity contribution in [2.24, 2.45) is 0 Å². The van der Waals surface area contributed by atoms with E-state index in [2.05, 4.69) is 32.1 Å². The zero-order valence-electron chi connectivity index (χ0n) is 13.8. The first-order chi connectivity index (χ1) is 11.5. The molecule has 0 radical (unpaired) electrons. The summed E-state index contributed by atoms with van der Waals surface area (Å²) in [6.45, 7) is 5.91. The molecule has 0 bridgehead atoms. The molecule has 0 aromatic carbocycles. The van der Waals surface area contributed by atoms with Crippen LogP contribution >= 0.6 is 34.0 Å². The Hall–Kier alpha value is -1.57. The van der Waals surface area contributed by atoms with E-state index in [0.717, 1.165) is 32.7 Å². The number of hydrogen-bond donors (Lipinski definition) is 1. The first-order valence-corrected chi connectivity index (χ1v) is 10.3. The number of carbonyl (C=O) groups is 1. The van der Waals surface area contributed by atoms with Crippen LogP contribution in [-0.2, 0) is 17.6 Å². The molecular weight excluding hydrogens is 358 g/mol. The van der Waals surface area contributed by atoms with Crippen LogP contribution in [0.1, 0.15) is 37.9 Å². The van der Waals surface area contributed by atoms with Gasteiger partial charge in [-0.05, 0) is 43.2 Å². The van der Waals surface area contributed by atoms with Crippen molar-refractivity contribution in [3.8, 4) is 0 Å². The predicted octanol–water partition coefficient (Wildman–Crippen LogP) is 4.23. The van der Waals surface area contributed by atoms with Crippen LogP contribution in [-0.4, -0.2) is 15.9 Å². The van der Waals surface area contributed by atoms with Crippen molar-refractivity contribution in [1.82, 2.24) is 15.3 Å². The quantitative estimate of drug-likeness (QED) is 0.699. The Morgan fingerprint density at radius 2 is 2.08 bits per heavy atom. The highest BCUT2D eigenvalue weighted by atomic mass is 32.1. The van der Waals surface area contributed by atoms with Crippen molar-refractivity contribution >= 4 is 39.9 Å². The zero-order valence-corrected chi connectivity index (χ0v) is 16.3. The van der Waals surface area contributed by atoms with Gasteiger partial charge in [-0.3, -0.25) is 4.79 Å². The number of thiophene rings is 1. The van der Waals surface area contributed by atoms with Gasteiger partial charge in [-0.25, -0.2) is 9.97 Å². The molecule has 1 amide bonds. The molecule has 0 aliphatic rings. The number of carbonyl (C=O) groups excluding carboxylic acids is 1. The van der Waals surface area contributed by atoms with Gasteiger partial charge in [-0.2, -0.15) is 11.3 Å². The van der Waals surface area contributed by atoms with Crippen molar-refractivity contribution in [1.29, 1.82) is 0 Å². The Balaban J connectivity index is 1.73. The van der Waals surface area contributed by atoms with E-state index in [0.29, 0.717) is 6.42 Å². The highest BCUT2D eigenvalue weighted by molar-refractivity contribution is 7.11. The summed E-state index contributed by atoms with van der Waals surface area (Å²) in [5.74, 6) is 0.0230. The van der Waals surface area contributed by atoms with Crippen LogP contribution in [0.4, 0.5) is 0 Å². The standard InChI is InChI=1S/C17H19N3OS3/c1-10-8-23-17(18-10)14(6-13-4-5-22-9-13)20-16(21)7-15-11(2)19-12(3)24-15/h4-5,8-9,14H,6-7H2,1-3H3,(H,20,21)/t14-/m0/s1. The van der Waals surface area contributed by atoms with E-state index >= 15 is 0 Å². The van der Waals surface area contributed by atoms with Gasteiger partial charge in [0.2, 0.25) is 5.91 Å². The molecule has 7 heteroatoms. The lowest BCUT2D eigenvalue weighted by atomic mass is 10.1. The van der Waals surface area contributed by atoms with Crippen molar-refractivity contribution in [2.75, 3.05) is 0 Å². The van der Waals surface area contributed by atoms with Crippen LogP contribution in [0.3, 0.4) is 0 Å². The number of aryl methyl sites for hydroxylation is 3. The topological polar surface area (TPSA) is 54.9 Å². The van der Waals surface area contributed by atoms with Crippen molar-refractivity contribution in [3.63, 3.8) is 0 Å². The fourth-order valence-corrected chi connectivity index (χ4v) is 4.97. The third kappa shape index (κ3) is 4.28. The number of rotatable bonds is 6. The largest absolute Gasteiger partial charge is 0.346 e. The number of nitrogens with one attached hydrogen (secondary N) is 1. The van der Waals surface area contributed by atoms with Gasteiger partial charge >= 0.3 is 0 Å². The van der Waals surface area contributed by atoms with Gasteiger partial charge in [0, 0.05) is 22.4 Å². The third-order valence-electron chi connectivity index (χ3n) is 3.61. The smallest absolute Gasteiger partial charge is 0.225 e. The fourth-order valence-electron chi connectivity index (χ4n) is 2.51. The summed E-state index contributed by atoms with van der Waals surface area (Å²) >= 11 is 4.87. The summed E-state index contributed by atoms with van der Waals surface area (Å²) < 4.78 is 0. The highest BCUT2D eigenvalue weighted by Gasteiger charge is 2.20. The van der Waals surface area contributed by atoms with E-state index in [1.54, 1.807) is 34.0 Å². The molecule has 24 heavy (non-hydrogen) atoms. The van der Waals surface area contributed by atoms with Gasteiger partial charge in [-0.15, -0.1) is 22.7 Å². The number of nitrogens with zero attached hydrogens (tertiary/aromatic N) is 2. The number of hydrogen-bond acceptors (Lipinski definition) is 6. The molecule has 0 spiro atoms. The van der Waals surface area contributed by atoms with Gasteiger partial charge in [-0.1, -0.05) is 0 Å². The molecule has 3 aromatic rings. The minimum Gasteiger partial charge on any atom is -0.346 e. The SMILES string of the molecule is Cc1csc([C@H](Cc2ccsc2)NC(=O)Cc2sc(C)nc2C)n1. The van der Waals surface area contributed by atoms with E-state index in [4.69, 9.17) is 0 Å². The summed E-state index contributed by atoms with van der Waals surface area (Å²) in [7, 11) is 0. The average molecular weight is 378 g/mol. The molecule has 0 unspecified atom stereocenters. The average Bonchev–Trinajstić information content (AvgIpc) is 3.22. The lowest BCUT2D eigenvalue weighted by Gasteiger charge is -2.16. The van der Waals surface area contributed by atoms with Crippen LogP contribution in [0.25, 0.3) is 0 Å². The van der Waals surface area contributed by atoms with Crippen LogP contribution in [0.15, 0.2) is 22.2 Å². The van der Waals surface area contributed by atoms with Crippen LogP contribution in [0.2, 0.25) is 0 Å². The second-order valence-corrected chi connectivity index (χ2v) is 8.66. The van der Waals surface area contributed by atoms with Gasteiger partial charge in [0.05, 0.1) is 23.2 Å². The second kappa shape index (κ2) is 7.55. The molecule has 0 saturated carbocycles. The lowest BCUT2D eigenvalue weighted by Crippen LogP contribution is -2.31. The van der Waals surface area contributed by atoms with Gasteiger partial charge in [0.1, 0.15) is 5.01 Å². The van der Waals surface area contributed by atoms with E-state index < -0.39 is 0 Å². The normalized spacial score (nSPS) is 12.3.